The second kappa shape index (κ2) is 5.79. The van der Waals surface area contributed by atoms with Crippen LogP contribution < -0.4 is 4.72 Å². The van der Waals surface area contributed by atoms with Crippen molar-refractivity contribution in [1.82, 2.24) is 9.71 Å². The highest BCUT2D eigenvalue weighted by Crippen LogP contribution is 2.25. The molecule has 0 aliphatic rings. The molecule has 96 valence electrons. The molecule has 2 rings (SSSR count). The molecular weight excluding hydrogens is 404 g/mol. The molecular formula is C10H8Br2N2O2S2. The van der Waals surface area contributed by atoms with Crippen molar-refractivity contribution in [2.24, 2.45) is 0 Å². The molecule has 18 heavy (non-hydrogen) atoms. The Bertz CT molecular complexity index is 642. The molecule has 2 aromatic rings. The molecule has 0 aliphatic carbocycles. The third-order valence-corrected chi connectivity index (χ3v) is 5.63. The molecule has 4 nitrogen and oxygen atoms in total. The third kappa shape index (κ3) is 3.39. The molecule has 0 unspecified atom stereocenters. The average molecular weight is 412 g/mol. The first kappa shape index (κ1) is 14.1. The lowest BCUT2D eigenvalue weighted by molar-refractivity contribution is 0.580. The van der Waals surface area contributed by atoms with Crippen LogP contribution in [0.1, 0.15) is 5.69 Å². The zero-order chi connectivity index (χ0) is 13.2. The molecule has 0 atom stereocenters. The van der Waals surface area contributed by atoms with Gasteiger partial charge in [0.2, 0.25) is 10.0 Å². The molecule has 0 saturated carbocycles. The van der Waals surface area contributed by atoms with E-state index in [0.717, 1.165) is 0 Å². The standard InChI is InChI=1S/C10H8Br2N2O2S2/c11-7-1-2-9(12)10(3-7)18(15,16)14-4-8-5-17-6-13-8/h1-3,5-6,14H,4H2. The minimum atomic E-state index is -3.55. The molecule has 8 heteroatoms. The van der Waals surface area contributed by atoms with E-state index in [4.69, 9.17) is 0 Å². The summed E-state index contributed by atoms with van der Waals surface area (Å²) in [4.78, 5) is 4.22. The van der Waals surface area contributed by atoms with E-state index in [1.807, 2.05) is 0 Å². The van der Waals surface area contributed by atoms with E-state index in [9.17, 15) is 8.42 Å². The number of rotatable bonds is 4. The number of nitrogens with one attached hydrogen (secondary N) is 1. The molecule has 1 N–H and O–H groups in total. The van der Waals surface area contributed by atoms with Crippen LogP contribution in [0.4, 0.5) is 0 Å². The van der Waals surface area contributed by atoms with Crippen LogP contribution in [0.2, 0.25) is 0 Å². The van der Waals surface area contributed by atoms with Crippen LogP contribution in [-0.4, -0.2) is 13.4 Å². The zero-order valence-electron chi connectivity index (χ0n) is 8.93. The van der Waals surface area contributed by atoms with Crippen molar-refractivity contribution in [3.8, 4) is 0 Å². The fourth-order valence-corrected chi connectivity index (χ4v) is 4.31. The minimum Gasteiger partial charge on any atom is -0.248 e. The van der Waals surface area contributed by atoms with Gasteiger partial charge in [-0.2, -0.15) is 0 Å². The van der Waals surface area contributed by atoms with E-state index >= 15 is 0 Å². The van der Waals surface area contributed by atoms with Gasteiger partial charge in [0.05, 0.1) is 22.6 Å². The summed E-state index contributed by atoms with van der Waals surface area (Å²) in [6.45, 7) is 0.185. The van der Waals surface area contributed by atoms with Crippen molar-refractivity contribution >= 4 is 53.2 Å². The minimum absolute atomic E-state index is 0.185. The molecule has 0 fully saturated rings. The maximum atomic E-state index is 12.1. The molecule has 0 bridgehead atoms. The van der Waals surface area contributed by atoms with Gasteiger partial charge in [-0.15, -0.1) is 11.3 Å². The number of benzene rings is 1. The van der Waals surface area contributed by atoms with Gasteiger partial charge in [-0.05, 0) is 34.1 Å². The van der Waals surface area contributed by atoms with Gasteiger partial charge in [0.1, 0.15) is 0 Å². The van der Waals surface area contributed by atoms with Crippen molar-refractivity contribution in [3.63, 3.8) is 0 Å². The Morgan fingerprint density at radius 1 is 1.33 bits per heavy atom. The summed E-state index contributed by atoms with van der Waals surface area (Å²) >= 11 is 7.92. The van der Waals surface area contributed by atoms with Crippen LogP contribution in [0.15, 0.2) is 42.9 Å². The smallest absolute Gasteiger partial charge is 0.242 e. The highest BCUT2D eigenvalue weighted by molar-refractivity contribution is 9.11. The fourth-order valence-electron chi connectivity index (χ4n) is 1.25. The number of hydrogen-bond donors (Lipinski definition) is 1. The van der Waals surface area contributed by atoms with Crippen molar-refractivity contribution in [3.05, 3.63) is 43.7 Å². The molecule has 1 heterocycles. The topological polar surface area (TPSA) is 59.1 Å². The van der Waals surface area contributed by atoms with Gasteiger partial charge in [0, 0.05) is 14.3 Å². The Morgan fingerprint density at radius 3 is 2.78 bits per heavy atom. The molecule has 0 amide bonds. The number of aromatic nitrogens is 1. The van der Waals surface area contributed by atoms with E-state index in [1.165, 1.54) is 11.3 Å². The number of hydrogen-bond acceptors (Lipinski definition) is 4. The molecule has 1 aromatic carbocycles. The van der Waals surface area contributed by atoms with Crippen LogP contribution in [-0.2, 0) is 16.6 Å². The summed E-state index contributed by atoms with van der Waals surface area (Å²) in [5, 5.41) is 1.80. The summed E-state index contributed by atoms with van der Waals surface area (Å²) in [5.41, 5.74) is 2.37. The molecule has 0 spiro atoms. The fraction of sp³-hybridized carbons (Fsp3) is 0.100. The van der Waals surface area contributed by atoms with E-state index in [-0.39, 0.29) is 11.4 Å². The van der Waals surface area contributed by atoms with Gasteiger partial charge in [0.15, 0.2) is 0 Å². The zero-order valence-corrected chi connectivity index (χ0v) is 13.7. The summed E-state index contributed by atoms with van der Waals surface area (Å²) in [6.07, 6.45) is 0. The van der Waals surface area contributed by atoms with Gasteiger partial charge in [-0.25, -0.2) is 18.1 Å². The van der Waals surface area contributed by atoms with Crippen LogP contribution in [0.25, 0.3) is 0 Å². The number of thiazole rings is 1. The monoisotopic (exact) mass is 410 g/mol. The number of sulfonamides is 1. The highest BCUT2D eigenvalue weighted by Gasteiger charge is 2.17. The van der Waals surface area contributed by atoms with Gasteiger partial charge >= 0.3 is 0 Å². The molecule has 0 saturated heterocycles. The third-order valence-electron chi connectivity index (χ3n) is 2.11. The maximum Gasteiger partial charge on any atom is 0.242 e. The molecule has 1 aromatic heterocycles. The lowest BCUT2D eigenvalue weighted by Crippen LogP contribution is -2.23. The van der Waals surface area contributed by atoms with Crippen molar-refractivity contribution in [2.75, 3.05) is 0 Å². The van der Waals surface area contributed by atoms with Gasteiger partial charge in [0.25, 0.3) is 0 Å². The van der Waals surface area contributed by atoms with E-state index in [1.54, 1.807) is 29.1 Å². The van der Waals surface area contributed by atoms with E-state index in [0.29, 0.717) is 14.6 Å². The lowest BCUT2D eigenvalue weighted by Gasteiger charge is -2.07. The summed E-state index contributed by atoms with van der Waals surface area (Å²) in [5.74, 6) is 0. The lowest BCUT2D eigenvalue weighted by atomic mass is 10.4. The largest absolute Gasteiger partial charge is 0.248 e. The number of nitrogens with zero attached hydrogens (tertiary/aromatic N) is 1. The first-order valence-corrected chi connectivity index (χ1v) is 8.82. The predicted octanol–water partition coefficient (Wildman–Crippen LogP) is 3.15. The average Bonchev–Trinajstić information content (AvgIpc) is 2.83. The summed E-state index contributed by atoms with van der Waals surface area (Å²) < 4.78 is 28.0. The van der Waals surface area contributed by atoms with E-state index in [2.05, 4.69) is 41.6 Å². The van der Waals surface area contributed by atoms with Crippen molar-refractivity contribution < 1.29 is 8.42 Å². The Labute approximate surface area is 126 Å². The van der Waals surface area contributed by atoms with Gasteiger partial charge < -0.3 is 0 Å². The van der Waals surface area contributed by atoms with Crippen molar-refractivity contribution in [2.45, 2.75) is 11.4 Å². The highest BCUT2D eigenvalue weighted by atomic mass is 79.9. The first-order chi connectivity index (χ1) is 8.49. The number of halogens is 2. The van der Waals surface area contributed by atoms with Gasteiger partial charge in [-0.1, -0.05) is 15.9 Å². The van der Waals surface area contributed by atoms with Crippen LogP contribution >= 0.6 is 43.2 Å². The Kier molecular flexibility index (Phi) is 4.54. The quantitative estimate of drug-likeness (QED) is 0.840. The second-order valence-electron chi connectivity index (χ2n) is 3.38. The van der Waals surface area contributed by atoms with Crippen LogP contribution in [0.3, 0.4) is 0 Å². The SMILES string of the molecule is O=S(=O)(NCc1cscn1)c1cc(Br)ccc1Br. The summed E-state index contributed by atoms with van der Waals surface area (Å²) in [7, 11) is -3.55. The normalized spacial score (nSPS) is 11.7. The molecule has 0 aliphatic heterocycles. The first-order valence-electron chi connectivity index (χ1n) is 4.81. The second-order valence-corrected chi connectivity index (χ2v) is 7.60. The van der Waals surface area contributed by atoms with Crippen LogP contribution in [0, 0.1) is 0 Å². The van der Waals surface area contributed by atoms with Crippen molar-refractivity contribution in [1.29, 1.82) is 0 Å². The molecule has 0 radical (unpaired) electrons. The van der Waals surface area contributed by atoms with Crippen LogP contribution in [0.5, 0.6) is 0 Å². The predicted molar refractivity (Wildman–Crippen MR) is 78.0 cm³/mol. The van der Waals surface area contributed by atoms with Gasteiger partial charge in [-0.3, -0.25) is 0 Å². The Hall–Kier alpha value is -0.280. The maximum absolute atomic E-state index is 12.1. The Morgan fingerprint density at radius 2 is 2.11 bits per heavy atom. The Balaban J connectivity index is 2.22. The van der Waals surface area contributed by atoms with E-state index < -0.39 is 10.0 Å². The summed E-state index contributed by atoms with van der Waals surface area (Å²) in [6, 6.07) is 5.00.